The molecule has 3 saturated carbocycles. The van der Waals surface area contributed by atoms with Crippen LogP contribution in [0.2, 0.25) is 0 Å². The van der Waals surface area contributed by atoms with E-state index >= 15 is 0 Å². The van der Waals surface area contributed by atoms with Gasteiger partial charge in [0.05, 0.1) is 6.54 Å². The second-order valence-electron chi connectivity index (χ2n) is 10.4. The fraction of sp³-hybridized carbons (Fsp3) is 0.519. The number of fused-ring (bicyclic) bond motifs is 1. The molecule has 0 spiro atoms. The van der Waals surface area contributed by atoms with Crippen molar-refractivity contribution in [3.63, 3.8) is 0 Å². The van der Waals surface area contributed by atoms with Crippen molar-refractivity contribution in [2.24, 2.45) is 0 Å². The van der Waals surface area contributed by atoms with Crippen molar-refractivity contribution in [1.82, 2.24) is 5.32 Å². The van der Waals surface area contributed by atoms with E-state index in [1.54, 1.807) is 0 Å². The largest absolute Gasteiger partial charge is 0.307 e. The van der Waals surface area contributed by atoms with Crippen LogP contribution >= 0.6 is 0 Å². The summed E-state index contributed by atoms with van der Waals surface area (Å²) >= 11 is 0. The van der Waals surface area contributed by atoms with Gasteiger partial charge in [-0.05, 0) is 104 Å². The summed E-state index contributed by atoms with van der Waals surface area (Å²) in [5, 5.41) is 3.76. The van der Waals surface area contributed by atoms with Crippen LogP contribution in [0.25, 0.3) is 0 Å². The third kappa shape index (κ3) is 3.19. The molecule has 0 saturated heterocycles. The Bertz CT molecular complexity index is 998. The molecule has 1 N–H and O–H groups in total. The third-order valence-electron chi connectivity index (χ3n) is 8.09. The van der Waals surface area contributed by atoms with Gasteiger partial charge in [0.2, 0.25) is 0 Å². The number of amides is 1. The lowest BCUT2D eigenvalue weighted by Crippen LogP contribution is -2.47. The average Bonchev–Trinajstić information content (AvgIpc) is 3.47. The van der Waals surface area contributed by atoms with Gasteiger partial charge in [-0.1, -0.05) is 24.6 Å². The van der Waals surface area contributed by atoms with E-state index < -0.39 is 0 Å². The lowest BCUT2D eigenvalue weighted by atomic mass is 9.78. The molecule has 0 atom stereocenters. The van der Waals surface area contributed by atoms with Crippen LogP contribution in [-0.2, 0) is 13.1 Å². The molecule has 1 amide bonds. The molecule has 1 heterocycles. The zero-order valence-electron chi connectivity index (χ0n) is 18.0. The summed E-state index contributed by atoms with van der Waals surface area (Å²) in [5.41, 5.74) is 7.72. The second kappa shape index (κ2) is 6.95. The van der Waals surface area contributed by atoms with Crippen molar-refractivity contribution in [3.8, 4) is 0 Å². The van der Waals surface area contributed by atoms with Crippen molar-refractivity contribution < 1.29 is 4.79 Å². The number of anilines is 1. The van der Waals surface area contributed by atoms with Gasteiger partial charge in [-0.25, -0.2) is 0 Å². The lowest BCUT2D eigenvalue weighted by Gasteiger charge is -2.39. The Morgan fingerprint density at radius 3 is 2.53 bits per heavy atom. The summed E-state index contributed by atoms with van der Waals surface area (Å²) in [7, 11) is 0. The van der Waals surface area contributed by atoms with Crippen molar-refractivity contribution >= 4 is 11.6 Å². The molecule has 1 aliphatic heterocycles. The molecular weight excluding hydrogens is 368 g/mol. The van der Waals surface area contributed by atoms with Crippen molar-refractivity contribution in [3.05, 3.63) is 64.2 Å². The number of hydrogen-bond acceptors (Lipinski definition) is 2. The van der Waals surface area contributed by atoms with Crippen LogP contribution in [0.1, 0.15) is 103 Å². The van der Waals surface area contributed by atoms with Gasteiger partial charge in [-0.15, -0.1) is 0 Å². The summed E-state index contributed by atoms with van der Waals surface area (Å²) in [6.45, 7) is 3.93. The summed E-state index contributed by atoms with van der Waals surface area (Å²) in [5.74, 6) is 1.54. The van der Waals surface area contributed by atoms with Gasteiger partial charge < -0.3 is 10.2 Å². The van der Waals surface area contributed by atoms with Gasteiger partial charge in [0.15, 0.2) is 0 Å². The quantitative estimate of drug-likeness (QED) is 0.643. The minimum Gasteiger partial charge on any atom is -0.307 e. The van der Waals surface area contributed by atoms with Crippen LogP contribution < -0.4 is 10.2 Å². The average molecular weight is 401 g/mol. The first-order chi connectivity index (χ1) is 14.6. The Kier molecular flexibility index (Phi) is 4.31. The first kappa shape index (κ1) is 18.6. The maximum Gasteiger partial charge on any atom is 0.258 e. The molecular formula is C27H32N2O. The number of rotatable bonds is 6. The van der Waals surface area contributed by atoms with Crippen LogP contribution in [-0.4, -0.2) is 11.4 Å². The van der Waals surface area contributed by atoms with Crippen molar-refractivity contribution in [2.45, 2.75) is 88.8 Å². The molecule has 2 aromatic carbocycles. The Labute approximate surface area is 179 Å². The van der Waals surface area contributed by atoms with Gasteiger partial charge in [0, 0.05) is 23.3 Å². The molecule has 2 aromatic rings. The highest BCUT2D eigenvalue weighted by Gasteiger charge is 2.36. The summed E-state index contributed by atoms with van der Waals surface area (Å²) in [6.07, 6.45) is 10.3. The number of hydrogen-bond donors (Lipinski definition) is 1. The molecule has 3 nitrogen and oxygen atoms in total. The molecule has 3 heteroatoms. The van der Waals surface area contributed by atoms with Gasteiger partial charge in [-0.2, -0.15) is 0 Å². The van der Waals surface area contributed by atoms with E-state index in [4.69, 9.17) is 0 Å². The molecule has 0 aromatic heterocycles. The van der Waals surface area contributed by atoms with E-state index in [2.05, 4.69) is 48.6 Å². The lowest BCUT2D eigenvalue weighted by molar-refractivity contribution is 0.0996. The smallest absolute Gasteiger partial charge is 0.258 e. The fourth-order valence-electron chi connectivity index (χ4n) is 5.46. The zero-order valence-corrected chi connectivity index (χ0v) is 18.0. The van der Waals surface area contributed by atoms with E-state index in [9.17, 15) is 4.79 Å². The normalized spacial score (nSPS) is 22.6. The highest BCUT2D eigenvalue weighted by Crippen LogP contribution is 2.46. The molecule has 3 fully saturated rings. The predicted octanol–water partition coefficient (Wildman–Crippen LogP) is 6.02. The maximum atomic E-state index is 13.5. The molecule has 0 radical (unpaired) electrons. The monoisotopic (exact) mass is 400 g/mol. The van der Waals surface area contributed by atoms with Crippen molar-refractivity contribution in [1.29, 1.82) is 0 Å². The SMILES string of the molecule is CC1(NCc2cc3c(c(C4CC4)c2)CN(c2cccc(C4CCC4)c2)C3=O)CCC1. The number of benzene rings is 2. The maximum absolute atomic E-state index is 13.5. The first-order valence-electron chi connectivity index (χ1n) is 11.9. The topological polar surface area (TPSA) is 32.3 Å². The molecule has 4 aliphatic rings. The minimum absolute atomic E-state index is 0.189. The molecule has 6 rings (SSSR count). The summed E-state index contributed by atoms with van der Waals surface area (Å²) < 4.78 is 0. The van der Waals surface area contributed by atoms with E-state index in [0.29, 0.717) is 11.8 Å². The molecule has 3 aliphatic carbocycles. The summed E-state index contributed by atoms with van der Waals surface area (Å²) in [4.78, 5) is 15.5. The Balaban J connectivity index is 1.30. The first-order valence-corrected chi connectivity index (χ1v) is 11.9. The number of nitrogens with one attached hydrogen (secondary N) is 1. The molecule has 0 bridgehead atoms. The second-order valence-corrected chi connectivity index (χ2v) is 10.4. The van der Waals surface area contributed by atoms with Crippen LogP contribution in [0.15, 0.2) is 36.4 Å². The van der Waals surface area contributed by atoms with Gasteiger partial charge >= 0.3 is 0 Å². The standard InChI is InChI=1S/C27H32N2O/c1-27(11-4-12-27)28-16-18-13-23(20-9-10-20)25-17-29(26(30)24(25)14-18)22-8-3-7-21(15-22)19-5-2-6-19/h3,7-8,13-15,19-20,28H,2,4-6,9-12,16-17H2,1H3. The van der Waals surface area contributed by atoms with Gasteiger partial charge in [-0.3, -0.25) is 4.79 Å². The fourth-order valence-corrected chi connectivity index (χ4v) is 5.46. The van der Waals surface area contributed by atoms with Crippen LogP contribution in [0, 0.1) is 0 Å². The highest BCUT2D eigenvalue weighted by molar-refractivity contribution is 6.10. The van der Waals surface area contributed by atoms with E-state index in [1.165, 1.54) is 73.6 Å². The van der Waals surface area contributed by atoms with Crippen LogP contribution in [0.4, 0.5) is 5.69 Å². The van der Waals surface area contributed by atoms with E-state index in [-0.39, 0.29) is 11.4 Å². The number of carbonyl (C=O) groups is 1. The molecule has 0 unspecified atom stereocenters. The van der Waals surface area contributed by atoms with Crippen LogP contribution in [0.3, 0.4) is 0 Å². The van der Waals surface area contributed by atoms with Gasteiger partial charge in [0.25, 0.3) is 5.91 Å². The molecule has 156 valence electrons. The van der Waals surface area contributed by atoms with Gasteiger partial charge in [0.1, 0.15) is 0 Å². The zero-order chi connectivity index (χ0) is 20.3. The minimum atomic E-state index is 0.189. The summed E-state index contributed by atoms with van der Waals surface area (Å²) in [6, 6.07) is 13.3. The number of carbonyl (C=O) groups excluding carboxylic acids is 1. The predicted molar refractivity (Wildman–Crippen MR) is 121 cm³/mol. The number of nitrogens with zero attached hydrogens (tertiary/aromatic N) is 1. The molecule has 30 heavy (non-hydrogen) atoms. The Morgan fingerprint density at radius 2 is 1.87 bits per heavy atom. The highest BCUT2D eigenvalue weighted by atomic mass is 16.2. The Hall–Kier alpha value is -2.13. The van der Waals surface area contributed by atoms with E-state index in [0.717, 1.165) is 24.3 Å². The Morgan fingerprint density at radius 1 is 1.03 bits per heavy atom. The third-order valence-corrected chi connectivity index (χ3v) is 8.09. The van der Waals surface area contributed by atoms with Crippen LogP contribution in [0.5, 0.6) is 0 Å². The van der Waals surface area contributed by atoms with E-state index in [1.807, 2.05) is 4.90 Å². The van der Waals surface area contributed by atoms with Crippen molar-refractivity contribution in [2.75, 3.05) is 4.90 Å².